The molecule has 1 saturated heterocycles. The quantitative estimate of drug-likeness (QED) is 0.832. The minimum atomic E-state index is -0.719. The van der Waals surface area contributed by atoms with Gasteiger partial charge in [0.25, 0.3) is 0 Å². The van der Waals surface area contributed by atoms with E-state index in [0.29, 0.717) is 25.9 Å². The summed E-state index contributed by atoms with van der Waals surface area (Å²) in [7, 11) is 0. The Bertz CT molecular complexity index is 858. The number of aromatic nitrogens is 2. The molecule has 6 nitrogen and oxygen atoms in total. The Balaban J connectivity index is 1.35. The molecule has 0 spiro atoms. The Labute approximate surface area is 172 Å². The van der Waals surface area contributed by atoms with Crippen LogP contribution >= 0.6 is 0 Å². The Hall–Kier alpha value is -2.18. The molecular weight excluding hydrogens is 364 g/mol. The average Bonchev–Trinajstić information content (AvgIpc) is 2.90. The minimum Gasteiger partial charge on any atom is -0.388 e. The van der Waals surface area contributed by atoms with Crippen LogP contribution in [0, 0.1) is 13.8 Å². The second-order valence-electron chi connectivity index (χ2n) is 8.78. The monoisotopic (exact) mass is 396 g/mol. The molecule has 2 aromatic rings. The number of carbonyl (C=O) groups excluding carboxylic acids is 1. The number of amides is 1. The highest BCUT2D eigenvalue weighted by atomic mass is 16.3. The van der Waals surface area contributed by atoms with E-state index in [4.69, 9.17) is 0 Å². The molecule has 1 aromatic carbocycles. The number of fused-ring (bicyclic) bond motifs is 1. The molecule has 0 radical (unpaired) electrons. The first-order valence-electron chi connectivity index (χ1n) is 10.7. The molecule has 2 aliphatic heterocycles. The van der Waals surface area contributed by atoms with Gasteiger partial charge in [-0.05, 0) is 50.7 Å². The van der Waals surface area contributed by atoms with E-state index in [1.807, 2.05) is 18.7 Å². The predicted octanol–water partition coefficient (Wildman–Crippen LogP) is 2.37. The zero-order chi connectivity index (χ0) is 20.4. The summed E-state index contributed by atoms with van der Waals surface area (Å²) < 4.78 is 0. The van der Waals surface area contributed by atoms with E-state index in [9.17, 15) is 9.90 Å². The molecule has 0 aliphatic carbocycles. The molecule has 2 aliphatic rings. The van der Waals surface area contributed by atoms with Crippen LogP contribution in [0.15, 0.2) is 24.3 Å². The van der Waals surface area contributed by atoms with Crippen LogP contribution in [-0.4, -0.2) is 62.8 Å². The number of likely N-dealkylation sites (tertiary alicyclic amines) is 1. The Morgan fingerprint density at radius 3 is 2.72 bits per heavy atom. The number of nitrogens with one attached hydrogen (secondary N) is 1. The molecular formula is C23H32N4O2. The maximum atomic E-state index is 12.9. The van der Waals surface area contributed by atoms with Gasteiger partial charge in [0.2, 0.25) is 5.91 Å². The molecule has 4 rings (SSSR count). The summed E-state index contributed by atoms with van der Waals surface area (Å²) >= 11 is 0. The maximum Gasteiger partial charge on any atom is 0.227 e. The third-order valence-electron chi connectivity index (χ3n) is 6.61. The standard InChI is InChI=1S/C23H32N4O2/c1-17-21(18(2)25-24-17)14-22(28)27-11-5-9-23(29,10-13-27)16-26-12-8-19-6-3-4-7-20(19)15-26/h3-4,6-7,29H,5,8-16H2,1-2H3,(H,24,25)/t23-/m1/s1. The first-order valence-corrected chi connectivity index (χ1v) is 10.7. The number of aryl methyl sites for hydroxylation is 2. The van der Waals surface area contributed by atoms with Crippen molar-refractivity contribution in [3.05, 3.63) is 52.3 Å². The van der Waals surface area contributed by atoms with Crippen LogP contribution < -0.4 is 0 Å². The molecule has 0 bridgehead atoms. The van der Waals surface area contributed by atoms with E-state index in [0.717, 1.165) is 55.8 Å². The Morgan fingerprint density at radius 2 is 1.97 bits per heavy atom. The summed E-state index contributed by atoms with van der Waals surface area (Å²) in [6.45, 7) is 7.81. The van der Waals surface area contributed by atoms with Crippen molar-refractivity contribution in [2.75, 3.05) is 26.2 Å². The van der Waals surface area contributed by atoms with Gasteiger partial charge in [-0.2, -0.15) is 5.10 Å². The van der Waals surface area contributed by atoms with E-state index >= 15 is 0 Å². The van der Waals surface area contributed by atoms with Gasteiger partial charge in [0.1, 0.15) is 0 Å². The van der Waals surface area contributed by atoms with Gasteiger partial charge in [-0.3, -0.25) is 14.8 Å². The van der Waals surface area contributed by atoms with Gasteiger partial charge in [0.05, 0.1) is 17.7 Å². The van der Waals surface area contributed by atoms with Crippen LogP contribution in [0.25, 0.3) is 0 Å². The molecule has 1 atom stereocenters. The van der Waals surface area contributed by atoms with Crippen LogP contribution in [0.1, 0.15) is 47.3 Å². The SMILES string of the molecule is Cc1n[nH]c(C)c1CC(=O)N1CCC[C@](O)(CN2CCc3ccccc3C2)CC1. The second-order valence-corrected chi connectivity index (χ2v) is 8.78. The lowest BCUT2D eigenvalue weighted by Gasteiger charge is -2.36. The fraction of sp³-hybridized carbons (Fsp3) is 0.565. The number of aliphatic hydroxyl groups is 1. The smallest absolute Gasteiger partial charge is 0.227 e. The lowest BCUT2D eigenvalue weighted by atomic mass is 9.92. The van der Waals surface area contributed by atoms with Crippen molar-refractivity contribution in [2.24, 2.45) is 0 Å². The van der Waals surface area contributed by atoms with Crippen LogP contribution in [0.5, 0.6) is 0 Å². The first-order chi connectivity index (χ1) is 13.9. The van der Waals surface area contributed by atoms with E-state index in [1.54, 1.807) is 0 Å². The zero-order valence-corrected chi connectivity index (χ0v) is 17.6. The highest BCUT2D eigenvalue weighted by Gasteiger charge is 2.34. The van der Waals surface area contributed by atoms with E-state index in [1.165, 1.54) is 11.1 Å². The van der Waals surface area contributed by atoms with E-state index in [-0.39, 0.29) is 5.91 Å². The maximum absolute atomic E-state index is 12.9. The molecule has 6 heteroatoms. The van der Waals surface area contributed by atoms with Gasteiger partial charge in [0.15, 0.2) is 0 Å². The molecule has 156 valence electrons. The number of benzene rings is 1. The van der Waals surface area contributed by atoms with Crippen molar-refractivity contribution in [1.82, 2.24) is 20.0 Å². The molecule has 3 heterocycles. The zero-order valence-electron chi connectivity index (χ0n) is 17.6. The number of aromatic amines is 1. The van der Waals surface area contributed by atoms with Crippen molar-refractivity contribution in [3.63, 3.8) is 0 Å². The number of H-pyrrole nitrogens is 1. The van der Waals surface area contributed by atoms with Gasteiger partial charge in [-0.1, -0.05) is 24.3 Å². The highest BCUT2D eigenvalue weighted by molar-refractivity contribution is 5.79. The fourth-order valence-electron chi connectivity index (χ4n) is 4.79. The first kappa shape index (κ1) is 20.1. The third kappa shape index (κ3) is 4.54. The summed E-state index contributed by atoms with van der Waals surface area (Å²) in [6.07, 6.45) is 3.66. The molecule has 1 aromatic heterocycles. The van der Waals surface area contributed by atoms with Crippen LogP contribution in [-0.2, 0) is 24.2 Å². The van der Waals surface area contributed by atoms with E-state index in [2.05, 4.69) is 39.4 Å². The average molecular weight is 397 g/mol. The van der Waals surface area contributed by atoms with Crippen molar-refractivity contribution in [2.45, 2.75) is 58.1 Å². The van der Waals surface area contributed by atoms with E-state index < -0.39 is 5.60 Å². The summed E-state index contributed by atoms with van der Waals surface area (Å²) in [6, 6.07) is 8.60. The molecule has 1 amide bonds. The Kier molecular flexibility index (Phi) is 5.74. The number of rotatable bonds is 4. The van der Waals surface area contributed by atoms with Crippen LogP contribution in [0.4, 0.5) is 0 Å². The number of nitrogens with zero attached hydrogens (tertiary/aromatic N) is 3. The van der Waals surface area contributed by atoms with Crippen molar-refractivity contribution in [3.8, 4) is 0 Å². The van der Waals surface area contributed by atoms with Crippen LogP contribution in [0.3, 0.4) is 0 Å². The molecule has 0 unspecified atom stereocenters. The fourth-order valence-corrected chi connectivity index (χ4v) is 4.79. The Morgan fingerprint density at radius 1 is 1.17 bits per heavy atom. The molecule has 1 fully saturated rings. The number of carbonyl (C=O) groups is 1. The van der Waals surface area contributed by atoms with Gasteiger partial charge in [-0.25, -0.2) is 0 Å². The summed E-state index contributed by atoms with van der Waals surface area (Å²) in [4.78, 5) is 17.2. The predicted molar refractivity (Wildman–Crippen MR) is 113 cm³/mol. The van der Waals surface area contributed by atoms with Gasteiger partial charge in [-0.15, -0.1) is 0 Å². The summed E-state index contributed by atoms with van der Waals surface area (Å²) in [5, 5.41) is 18.5. The lowest BCUT2D eigenvalue weighted by molar-refractivity contribution is -0.130. The number of hydrogen-bond acceptors (Lipinski definition) is 4. The number of β-amino-alcohol motifs (C(OH)–C–C–N with tert-alkyl or cyclic N) is 1. The van der Waals surface area contributed by atoms with Gasteiger partial charge in [0, 0.05) is 44.0 Å². The summed E-state index contributed by atoms with van der Waals surface area (Å²) in [5.41, 5.74) is 4.95. The highest BCUT2D eigenvalue weighted by Crippen LogP contribution is 2.27. The molecule has 0 saturated carbocycles. The number of hydrogen-bond donors (Lipinski definition) is 2. The summed E-state index contributed by atoms with van der Waals surface area (Å²) in [5.74, 6) is 0.133. The normalized spacial score (nSPS) is 22.9. The molecule has 29 heavy (non-hydrogen) atoms. The molecule has 2 N–H and O–H groups in total. The van der Waals surface area contributed by atoms with Crippen LogP contribution in [0.2, 0.25) is 0 Å². The van der Waals surface area contributed by atoms with Crippen molar-refractivity contribution < 1.29 is 9.90 Å². The second kappa shape index (κ2) is 8.28. The third-order valence-corrected chi connectivity index (χ3v) is 6.61. The van der Waals surface area contributed by atoms with Crippen molar-refractivity contribution >= 4 is 5.91 Å². The minimum absolute atomic E-state index is 0.133. The van der Waals surface area contributed by atoms with Crippen molar-refractivity contribution in [1.29, 1.82) is 0 Å². The van der Waals surface area contributed by atoms with Gasteiger partial charge < -0.3 is 10.0 Å². The lowest BCUT2D eigenvalue weighted by Crippen LogP contribution is -2.45. The largest absolute Gasteiger partial charge is 0.388 e. The van der Waals surface area contributed by atoms with Gasteiger partial charge >= 0.3 is 0 Å². The topological polar surface area (TPSA) is 72.5 Å².